The molecule has 23 heavy (non-hydrogen) atoms. The summed E-state index contributed by atoms with van der Waals surface area (Å²) in [6.07, 6.45) is -6.06. The number of carbonyl (C=O) groups is 2. The van der Waals surface area contributed by atoms with Crippen molar-refractivity contribution in [2.75, 3.05) is 5.32 Å². The minimum absolute atomic E-state index is 0.116. The maximum Gasteiger partial charge on any atom is 0.438 e. The van der Waals surface area contributed by atoms with Crippen molar-refractivity contribution < 1.29 is 27.9 Å². The minimum atomic E-state index is -5.15. The third-order valence-electron chi connectivity index (χ3n) is 3.07. The molecule has 1 aliphatic heterocycles. The molecule has 0 bridgehead atoms. The molecule has 2 rings (SSSR count). The molecule has 10 heteroatoms. The summed E-state index contributed by atoms with van der Waals surface area (Å²) >= 11 is 3.17. The highest BCUT2D eigenvalue weighted by molar-refractivity contribution is 9.10. The van der Waals surface area contributed by atoms with E-state index in [-0.39, 0.29) is 16.4 Å². The number of anilines is 1. The lowest BCUT2D eigenvalue weighted by Gasteiger charge is -2.32. The Kier molecular flexibility index (Phi) is 4.49. The van der Waals surface area contributed by atoms with Crippen molar-refractivity contribution in [1.29, 1.82) is 0 Å². The molecular formula is C13H11BrF3N3O3. The smallest absolute Gasteiger partial charge is 0.362 e. The summed E-state index contributed by atoms with van der Waals surface area (Å²) in [5.41, 5.74) is -3.43. The molecule has 124 valence electrons. The first-order valence-corrected chi connectivity index (χ1v) is 7.08. The summed E-state index contributed by atoms with van der Waals surface area (Å²) in [7, 11) is 0. The molecule has 6 nitrogen and oxygen atoms in total. The molecule has 0 aliphatic carbocycles. The predicted octanol–water partition coefficient (Wildman–Crippen LogP) is 2.25. The second kappa shape index (κ2) is 5.93. The number of rotatable bonds is 1. The van der Waals surface area contributed by atoms with Crippen LogP contribution < -0.4 is 5.32 Å². The van der Waals surface area contributed by atoms with E-state index in [1.165, 1.54) is 19.1 Å². The molecular weight excluding hydrogens is 383 g/mol. The topological polar surface area (TPSA) is 82.0 Å². The Morgan fingerprint density at radius 2 is 1.91 bits per heavy atom. The normalized spacial score (nSPS) is 21.1. The highest BCUT2D eigenvalue weighted by atomic mass is 79.9. The maximum atomic E-state index is 13.0. The first kappa shape index (κ1) is 17.4. The van der Waals surface area contributed by atoms with Gasteiger partial charge < -0.3 is 10.4 Å². The summed E-state index contributed by atoms with van der Waals surface area (Å²) in [5, 5.41) is 15.0. The molecule has 0 saturated heterocycles. The number of alkyl halides is 3. The molecule has 1 aliphatic rings. The van der Waals surface area contributed by atoms with Crippen LogP contribution in [-0.4, -0.2) is 39.5 Å². The van der Waals surface area contributed by atoms with Gasteiger partial charge in [-0.1, -0.05) is 15.9 Å². The van der Waals surface area contributed by atoms with Crippen LogP contribution in [0.4, 0.5) is 18.9 Å². The van der Waals surface area contributed by atoms with E-state index in [0.29, 0.717) is 4.47 Å². The lowest BCUT2D eigenvalue weighted by molar-refractivity contribution is -0.301. The zero-order valence-corrected chi connectivity index (χ0v) is 13.3. The van der Waals surface area contributed by atoms with Crippen LogP contribution in [0.15, 0.2) is 33.8 Å². The molecule has 0 saturated carbocycles. The van der Waals surface area contributed by atoms with Gasteiger partial charge in [-0.2, -0.15) is 23.3 Å². The molecule has 2 amide bonds. The number of amides is 2. The van der Waals surface area contributed by atoms with E-state index in [1.54, 1.807) is 12.1 Å². The highest BCUT2D eigenvalue weighted by Crippen LogP contribution is 2.40. The van der Waals surface area contributed by atoms with Gasteiger partial charge in [-0.3, -0.25) is 9.59 Å². The second-order valence-electron chi connectivity index (χ2n) is 4.90. The number of aliphatic hydroxyl groups is 1. The molecule has 1 aromatic rings. The maximum absolute atomic E-state index is 13.0. The van der Waals surface area contributed by atoms with E-state index in [1.807, 2.05) is 0 Å². The van der Waals surface area contributed by atoms with Gasteiger partial charge in [0.05, 0.1) is 0 Å². The van der Waals surface area contributed by atoms with Crippen molar-refractivity contribution in [3.05, 3.63) is 28.7 Å². The van der Waals surface area contributed by atoms with Crippen molar-refractivity contribution in [1.82, 2.24) is 5.01 Å². The zero-order chi connectivity index (χ0) is 17.4. The average Bonchev–Trinajstić information content (AvgIpc) is 2.76. The average molecular weight is 394 g/mol. The summed E-state index contributed by atoms with van der Waals surface area (Å²) in [4.78, 5) is 23.8. The number of carbonyl (C=O) groups excluding carboxylic acids is 2. The van der Waals surface area contributed by atoms with Crippen LogP contribution in [0.5, 0.6) is 0 Å². The summed E-state index contributed by atoms with van der Waals surface area (Å²) in [6.45, 7) is 1.22. The van der Waals surface area contributed by atoms with Crippen molar-refractivity contribution >= 4 is 39.1 Å². The van der Waals surface area contributed by atoms with Crippen molar-refractivity contribution in [3.63, 3.8) is 0 Å². The van der Waals surface area contributed by atoms with Crippen LogP contribution in [-0.2, 0) is 9.59 Å². The number of nitrogens with one attached hydrogen (secondary N) is 1. The van der Waals surface area contributed by atoms with Crippen molar-refractivity contribution in [3.8, 4) is 0 Å². The molecule has 0 aromatic heterocycles. The Hall–Kier alpha value is -1.94. The Bertz CT molecular complexity index is 675. The van der Waals surface area contributed by atoms with Crippen molar-refractivity contribution in [2.45, 2.75) is 25.2 Å². The molecule has 1 aromatic carbocycles. The van der Waals surface area contributed by atoms with Crippen LogP contribution in [0.2, 0.25) is 0 Å². The van der Waals surface area contributed by atoms with Gasteiger partial charge in [-0.25, -0.2) is 0 Å². The van der Waals surface area contributed by atoms with E-state index in [9.17, 15) is 27.9 Å². The number of hydrogen-bond acceptors (Lipinski definition) is 4. The molecule has 2 N–H and O–H groups in total. The highest BCUT2D eigenvalue weighted by Gasteiger charge is 2.63. The SMILES string of the molecule is CC1=NN(C(=O)C(=O)Nc2ccc(Br)cc2)[C@@](O)(C(F)(F)F)C1. The van der Waals surface area contributed by atoms with E-state index < -0.39 is 30.1 Å². The first-order chi connectivity index (χ1) is 10.5. The number of halogens is 4. The molecule has 0 fully saturated rings. The Labute approximate surface area is 137 Å². The Morgan fingerprint density at radius 3 is 2.43 bits per heavy atom. The van der Waals surface area contributed by atoms with E-state index in [4.69, 9.17) is 0 Å². The zero-order valence-electron chi connectivity index (χ0n) is 11.7. The lowest BCUT2D eigenvalue weighted by Crippen LogP contribution is -2.58. The van der Waals surface area contributed by atoms with Gasteiger partial charge in [0.1, 0.15) is 0 Å². The Balaban J connectivity index is 2.21. The van der Waals surface area contributed by atoms with Gasteiger partial charge in [0.25, 0.3) is 5.72 Å². The van der Waals surface area contributed by atoms with Crippen molar-refractivity contribution in [2.24, 2.45) is 5.10 Å². The second-order valence-corrected chi connectivity index (χ2v) is 5.82. The molecule has 0 unspecified atom stereocenters. The van der Waals surface area contributed by atoms with Crippen LogP contribution >= 0.6 is 15.9 Å². The Morgan fingerprint density at radius 1 is 1.35 bits per heavy atom. The van der Waals surface area contributed by atoms with Crippen LogP contribution in [0, 0.1) is 0 Å². The lowest BCUT2D eigenvalue weighted by atomic mass is 10.1. The van der Waals surface area contributed by atoms with E-state index >= 15 is 0 Å². The standard InChI is InChI=1S/C13H11BrF3N3O3/c1-7-6-12(23,13(15,16)17)20(19-7)11(22)10(21)18-9-4-2-8(14)3-5-9/h2-5,23H,6H2,1H3,(H,18,21)/t12-/m0/s1. The number of hydrogen-bond donors (Lipinski definition) is 2. The monoisotopic (exact) mass is 393 g/mol. The van der Waals surface area contributed by atoms with Gasteiger partial charge in [0, 0.05) is 22.3 Å². The van der Waals surface area contributed by atoms with Gasteiger partial charge in [0.2, 0.25) is 0 Å². The largest absolute Gasteiger partial charge is 0.438 e. The fraction of sp³-hybridized carbons (Fsp3) is 0.308. The molecule has 1 atom stereocenters. The van der Waals surface area contributed by atoms with Gasteiger partial charge in [-0.05, 0) is 31.2 Å². The van der Waals surface area contributed by atoms with E-state index in [0.717, 1.165) is 0 Å². The summed E-state index contributed by atoms with van der Waals surface area (Å²) in [6, 6.07) is 6.04. The third-order valence-corrected chi connectivity index (χ3v) is 3.59. The fourth-order valence-electron chi connectivity index (χ4n) is 1.97. The summed E-state index contributed by atoms with van der Waals surface area (Å²) in [5.74, 6) is -2.95. The number of nitrogens with zero attached hydrogens (tertiary/aromatic N) is 2. The number of hydrazone groups is 1. The molecule has 0 radical (unpaired) electrons. The quantitative estimate of drug-likeness (QED) is 0.717. The predicted molar refractivity (Wildman–Crippen MR) is 78.3 cm³/mol. The molecule has 0 spiro atoms. The van der Waals surface area contributed by atoms with Gasteiger partial charge >= 0.3 is 18.0 Å². The number of benzene rings is 1. The van der Waals surface area contributed by atoms with Gasteiger partial charge in [0.15, 0.2) is 0 Å². The summed E-state index contributed by atoms with van der Waals surface area (Å²) < 4.78 is 39.7. The van der Waals surface area contributed by atoms with E-state index in [2.05, 4.69) is 26.3 Å². The first-order valence-electron chi connectivity index (χ1n) is 6.29. The minimum Gasteiger partial charge on any atom is -0.362 e. The van der Waals surface area contributed by atoms with Crippen LogP contribution in [0.1, 0.15) is 13.3 Å². The molecule has 1 heterocycles. The van der Waals surface area contributed by atoms with Gasteiger partial charge in [-0.15, -0.1) is 0 Å². The van der Waals surface area contributed by atoms with Crippen LogP contribution in [0.25, 0.3) is 0 Å². The van der Waals surface area contributed by atoms with Crippen LogP contribution in [0.3, 0.4) is 0 Å². The third kappa shape index (κ3) is 3.37. The fourth-order valence-corrected chi connectivity index (χ4v) is 2.23.